The van der Waals surface area contributed by atoms with Crippen LogP contribution in [0.2, 0.25) is 0 Å². The average molecular weight is 615 g/mol. The molecule has 3 unspecified atom stereocenters. The molecule has 1 saturated heterocycles. The zero-order chi connectivity index (χ0) is 31.9. The van der Waals surface area contributed by atoms with Crippen LogP contribution >= 0.6 is 11.9 Å². The SMILES string of the molecule is CC1CC(c2cc(CCC(C)(C)C)ccn2)Nc2cccc(n2)SNC(=O)c2ccc(C(C)(C)C)nc2N2CC1CC2(C)C. The zero-order valence-electron chi connectivity index (χ0n) is 28.0. The van der Waals surface area contributed by atoms with E-state index in [9.17, 15) is 4.79 Å². The van der Waals surface area contributed by atoms with E-state index in [0.29, 0.717) is 17.4 Å². The maximum absolute atomic E-state index is 13.7. The van der Waals surface area contributed by atoms with Crippen molar-refractivity contribution in [1.29, 1.82) is 0 Å². The van der Waals surface area contributed by atoms with Crippen molar-refractivity contribution in [2.24, 2.45) is 17.3 Å². The van der Waals surface area contributed by atoms with Crippen LogP contribution in [0.15, 0.2) is 53.7 Å². The lowest BCUT2D eigenvalue weighted by atomic mass is 9.83. The molecule has 0 aromatic carbocycles. The Kier molecular flexibility index (Phi) is 9.05. The molecule has 0 saturated carbocycles. The predicted octanol–water partition coefficient (Wildman–Crippen LogP) is 8.38. The predicted molar refractivity (Wildman–Crippen MR) is 182 cm³/mol. The van der Waals surface area contributed by atoms with Gasteiger partial charge in [-0.05, 0) is 98.7 Å². The Labute approximate surface area is 268 Å². The Morgan fingerprint density at radius 3 is 2.55 bits per heavy atom. The number of nitrogens with one attached hydrogen (secondary N) is 2. The summed E-state index contributed by atoms with van der Waals surface area (Å²) in [6.07, 6.45) is 6.05. The number of carbonyl (C=O) groups excluding carboxylic acids is 1. The van der Waals surface area contributed by atoms with E-state index in [4.69, 9.17) is 15.0 Å². The number of hydrogen-bond donors (Lipinski definition) is 2. The molecular weight excluding hydrogens is 565 g/mol. The fraction of sp³-hybridized carbons (Fsp3) is 0.556. The van der Waals surface area contributed by atoms with Crippen LogP contribution < -0.4 is 14.9 Å². The van der Waals surface area contributed by atoms with Crippen molar-refractivity contribution in [1.82, 2.24) is 19.7 Å². The molecule has 8 heteroatoms. The molecule has 1 fully saturated rings. The number of pyridine rings is 3. The highest BCUT2D eigenvalue weighted by Gasteiger charge is 2.43. The van der Waals surface area contributed by atoms with Crippen molar-refractivity contribution in [3.05, 3.63) is 71.2 Å². The number of carbonyl (C=O) groups is 1. The van der Waals surface area contributed by atoms with Gasteiger partial charge in [0.05, 0.1) is 17.3 Å². The first-order chi connectivity index (χ1) is 20.6. The lowest BCUT2D eigenvalue weighted by Gasteiger charge is -2.34. The van der Waals surface area contributed by atoms with Gasteiger partial charge in [0.15, 0.2) is 0 Å². The van der Waals surface area contributed by atoms with Crippen LogP contribution in [0.25, 0.3) is 0 Å². The third kappa shape index (κ3) is 7.56. The smallest absolute Gasteiger partial charge is 0.265 e. The normalized spacial score (nSPS) is 22.3. The van der Waals surface area contributed by atoms with E-state index in [2.05, 4.69) is 89.4 Å². The second kappa shape index (κ2) is 12.3. The van der Waals surface area contributed by atoms with Gasteiger partial charge in [0.25, 0.3) is 5.91 Å². The quantitative estimate of drug-likeness (QED) is 0.287. The topological polar surface area (TPSA) is 83.0 Å². The van der Waals surface area contributed by atoms with Crippen LogP contribution in [-0.4, -0.2) is 32.9 Å². The molecule has 3 aromatic rings. The molecule has 236 valence electrons. The standard InChI is InChI=1S/C36H50N6OS/c1-23-19-28(27-20-24(16-18-37-27)15-17-34(2,3)4)38-30-11-10-12-31(40-30)44-41-33(43)26-13-14-29(35(5,6)7)39-32(26)42-22-25(23)21-36(42,8)9/h10-14,16,18,20,23,25,28H,15,17,19,21-22H2,1-9H3,(H,38,40)(H,41,43). The van der Waals surface area contributed by atoms with E-state index >= 15 is 0 Å². The summed E-state index contributed by atoms with van der Waals surface area (Å²) in [6.45, 7) is 21.2. The summed E-state index contributed by atoms with van der Waals surface area (Å²) >= 11 is 1.24. The van der Waals surface area contributed by atoms with Crippen molar-refractivity contribution in [3.63, 3.8) is 0 Å². The van der Waals surface area contributed by atoms with Gasteiger partial charge in [-0.25, -0.2) is 9.97 Å². The van der Waals surface area contributed by atoms with E-state index in [0.717, 1.165) is 60.3 Å². The first-order valence-corrected chi connectivity index (χ1v) is 16.9. The second-order valence-electron chi connectivity index (χ2n) is 15.7. The fourth-order valence-corrected chi connectivity index (χ4v) is 6.96. The van der Waals surface area contributed by atoms with E-state index in [-0.39, 0.29) is 28.3 Å². The maximum atomic E-state index is 13.7. The van der Waals surface area contributed by atoms with Gasteiger partial charge in [-0.1, -0.05) is 54.5 Å². The maximum Gasteiger partial charge on any atom is 0.265 e. The minimum absolute atomic E-state index is 0.00197. The zero-order valence-corrected chi connectivity index (χ0v) is 28.8. The van der Waals surface area contributed by atoms with Crippen LogP contribution in [0.1, 0.15) is 115 Å². The number of hydrogen-bond acceptors (Lipinski definition) is 7. The Bertz CT molecular complexity index is 1490. The molecule has 2 N–H and O–H groups in total. The molecule has 4 bridgehead atoms. The lowest BCUT2D eigenvalue weighted by molar-refractivity contribution is 0.0984. The van der Waals surface area contributed by atoms with Gasteiger partial charge >= 0.3 is 0 Å². The number of aromatic nitrogens is 3. The van der Waals surface area contributed by atoms with E-state index in [1.54, 1.807) is 0 Å². The first kappa shape index (κ1) is 32.3. The first-order valence-electron chi connectivity index (χ1n) is 16.0. The Balaban J connectivity index is 1.54. The minimum atomic E-state index is -0.158. The molecule has 2 aliphatic heterocycles. The monoisotopic (exact) mass is 614 g/mol. The van der Waals surface area contributed by atoms with Gasteiger partial charge in [-0.2, -0.15) is 0 Å². The molecule has 0 aliphatic carbocycles. The molecule has 0 radical (unpaired) electrons. The molecule has 0 spiro atoms. The molecule has 2 aliphatic rings. The van der Waals surface area contributed by atoms with Crippen molar-refractivity contribution in [3.8, 4) is 0 Å². The largest absolute Gasteiger partial charge is 0.362 e. The van der Waals surface area contributed by atoms with Gasteiger partial charge in [0, 0.05) is 41.3 Å². The van der Waals surface area contributed by atoms with Gasteiger partial charge < -0.3 is 10.2 Å². The Hall–Kier alpha value is -3.13. The summed E-state index contributed by atoms with van der Waals surface area (Å²) in [5, 5.41) is 4.46. The third-order valence-electron chi connectivity index (χ3n) is 9.13. The van der Waals surface area contributed by atoms with Gasteiger partial charge in [0.2, 0.25) is 0 Å². The number of aryl methyl sites for hydroxylation is 1. The molecule has 7 nitrogen and oxygen atoms in total. The van der Waals surface area contributed by atoms with Crippen LogP contribution in [0.4, 0.5) is 11.6 Å². The highest BCUT2D eigenvalue weighted by molar-refractivity contribution is 7.97. The molecular formula is C36H50N6OS. The summed E-state index contributed by atoms with van der Waals surface area (Å²) in [5.74, 6) is 2.21. The van der Waals surface area contributed by atoms with Gasteiger partial charge in [-0.15, -0.1) is 0 Å². The molecule has 5 rings (SSSR count). The molecule has 5 heterocycles. The highest BCUT2D eigenvalue weighted by Crippen LogP contribution is 2.43. The number of amides is 1. The van der Waals surface area contributed by atoms with Crippen molar-refractivity contribution in [2.75, 3.05) is 16.8 Å². The Morgan fingerprint density at radius 1 is 1.05 bits per heavy atom. The molecule has 3 aromatic heterocycles. The summed E-state index contributed by atoms with van der Waals surface area (Å²) in [5.41, 5.74) is 3.95. The molecule has 3 atom stereocenters. The fourth-order valence-electron chi connectivity index (χ4n) is 6.36. The molecule has 1 amide bonds. The van der Waals surface area contributed by atoms with Crippen LogP contribution in [0, 0.1) is 17.3 Å². The van der Waals surface area contributed by atoms with Crippen LogP contribution in [-0.2, 0) is 11.8 Å². The number of rotatable bonds is 3. The summed E-state index contributed by atoms with van der Waals surface area (Å²) in [7, 11) is 0. The molecule has 44 heavy (non-hydrogen) atoms. The average Bonchev–Trinajstić information content (AvgIpc) is 3.28. The number of fused-ring (bicyclic) bond motifs is 6. The second-order valence-corrected chi connectivity index (χ2v) is 16.5. The van der Waals surface area contributed by atoms with Crippen LogP contribution in [0.5, 0.6) is 0 Å². The summed E-state index contributed by atoms with van der Waals surface area (Å²) in [4.78, 5) is 31.0. The van der Waals surface area contributed by atoms with Gasteiger partial charge in [0.1, 0.15) is 16.7 Å². The van der Waals surface area contributed by atoms with Crippen molar-refractivity contribution >= 4 is 29.5 Å². The minimum Gasteiger partial charge on any atom is -0.362 e. The third-order valence-corrected chi connectivity index (χ3v) is 9.85. The van der Waals surface area contributed by atoms with Gasteiger partial charge in [-0.3, -0.25) is 14.5 Å². The number of anilines is 2. The van der Waals surface area contributed by atoms with Crippen molar-refractivity contribution < 1.29 is 4.79 Å². The summed E-state index contributed by atoms with van der Waals surface area (Å²) in [6, 6.07) is 14.3. The van der Waals surface area contributed by atoms with E-state index in [1.165, 1.54) is 17.5 Å². The van der Waals surface area contributed by atoms with Crippen LogP contribution in [0.3, 0.4) is 0 Å². The summed E-state index contributed by atoms with van der Waals surface area (Å²) < 4.78 is 3.05. The van der Waals surface area contributed by atoms with E-state index < -0.39 is 0 Å². The Morgan fingerprint density at radius 2 is 1.82 bits per heavy atom. The van der Waals surface area contributed by atoms with Crippen molar-refractivity contribution in [2.45, 2.75) is 110 Å². The lowest BCUT2D eigenvalue weighted by Crippen LogP contribution is -2.40. The highest BCUT2D eigenvalue weighted by atomic mass is 32.2. The van der Waals surface area contributed by atoms with E-state index in [1.807, 2.05) is 36.5 Å². The number of nitrogens with zero attached hydrogens (tertiary/aromatic N) is 4.